The Kier molecular flexibility index (Phi) is 2.65. The first kappa shape index (κ1) is 7.50. The van der Waals surface area contributed by atoms with Gasteiger partial charge in [0.25, 0.3) is 0 Å². The molecule has 10 heavy (non-hydrogen) atoms. The molecule has 0 aliphatic carbocycles. The molecule has 0 radical (unpaired) electrons. The van der Waals surface area contributed by atoms with E-state index in [1.807, 2.05) is 0 Å². The second-order valence-electron chi connectivity index (χ2n) is 2.44. The third kappa shape index (κ3) is 1.97. The topological polar surface area (TPSA) is 67.1 Å². The summed E-state index contributed by atoms with van der Waals surface area (Å²) in [6, 6.07) is 0.256. The lowest BCUT2D eigenvalue weighted by atomic mass is 10.3. The van der Waals surface area contributed by atoms with Crippen LogP contribution in [0.1, 0.15) is 6.42 Å². The van der Waals surface area contributed by atoms with Gasteiger partial charge < -0.3 is 16.4 Å². The summed E-state index contributed by atoms with van der Waals surface area (Å²) in [5.74, 6) is 0.114. The van der Waals surface area contributed by atoms with Crippen molar-refractivity contribution in [2.75, 3.05) is 19.6 Å². The Hall–Kier alpha value is -0.610. The Labute approximate surface area is 60.2 Å². The molecule has 1 unspecified atom stereocenters. The minimum atomic E-state index is 0.114. The maximum Gasteiger partial charge on any atom is 0.221 e. The van der Waals surface area contributed by atoms with Gasteiger partial charge in [0, 0.05) is 32.1 Å². The summed E-state index contributed by atoms with van der Waals surface area (Å²) < 4.78 is 0. The molecule has 1 aliphatic rings. The summed E-state index contributed by atoms with van der Waals surface area (Å²) in [6.07, 6.45) is 0.566. The number of nitrogens with one attached hydrogen (secondary N) is 2. The number of hydrogen-bond donors (Lipinski definition) is 3. The summed E-state index contributed by atoms with van der Waals surface area (Å²) in [5.41, 5.74) is 5.40. The van der Waals surface area contributed by atoms with Crippen LogP contribution in [0.15, 0.2) is 0 Å². The molecule has 1 saturated heterocycles. The predicted molar refractivity (Wildman–Crippen MR) is 38.5 cm³/mol. The molecule has 4 heteroatoms. The molecule has 1 fully saturated rings. The fourth-order valence-electron chi connectivity index (χ4n) is 0.954. The molecule has 0 spiro atoms. The molecule has 0 aromatic rings. The summed E-state index contributed by atoms with van der Waals surface area (Å²) in [7, 11) is 0. The van der Waals surface area contributed by atoms with Gasteiger partial charge in [0.2, 0.25) is 5.91 Å². The molecule has 58 valence electrons. The number of rotatable bonds is 1. The number of nitrogens with two attached hydrogens (primary N) is 1. The molecule has 0 saturated carbocycles. The van der Waals surface area contributed by atoms with Gasteiger partial charge in [-0.15, -0.1) is 0 Å². The number of carbonyl (C=O) groups excluding carboxylic acids is 1. The first-order valence-corrected chi connectivity index (χ1v) is 3.53. The van der Waals surface area contributed by atoms with Crippen LogP contribution in [0, 0.1) is 0 Å². The maximum atomic E-state index is 10.8. The Morgan fingerprint density at radius 3 is 3.20 bits per heavy atom. The Morgan fingerprint density at radius 1 is 1.70 bits per heavy atom. The molecule has 1 rings (SSSR count). The molecule has 1 amide bonds. The second-order valence-corrected chi connectivity index (χ2v) is 2.44. The normalized spacial score (nSPS) is 27.3. The minimum absolute atomic E-state index is 0.114. The monoisotopic (exact) mass is 143 g/mol. The third-order valence-electron chi connectivity index (χ3n) is 1.62. The molecule has 0 aromatic heterocycles. The van der Waals surface area contributed by atoms with E-state index in [0.717, 1.165) is 6.54 Å². The highest BCUT2D eigenvalue weighted by atomic mass is 16.1. The second kappa shape index (κ2) is 3.53. The van der Waals surface area contributed by atoms with Gasteiger partial charge in [0.05, 0.1) is 0 Å². The van der Waals surface area contributed by atoms with E-state index >= 15 is 0 Å². The van der Waals surface area contributed by atoms with Crippen LogP contribution in [0.25, 0.3) is 0 Å². The van der Waals surface area contributed by atoms with Gasteiger partial charge in [-0.1, -0.05) is 0 Å². The van der Waals surface area contributed by atoms with Crippen molar-refractivity contribution < 1.29 is 4.79 Å². The van der Waals surface area contributed by atoms with Crippen LogP contribution in [0.5, 0.6) is 0 Å². The van der Waals surface area contributed by atoms with E-state index in [4.69, 9.17) is 5.73 Å². The van der Waals surface area contributed by atoms with E-state index in [0.29, 0.717) is 19.5 Å². The van der Waals surface area contributed by atoms with Crippen molar-refractivity contribution in [3.8, 4) is 0 Å². The fourth-order valence-corrected chi connectivity index (χ4v) is 0.954. The van der Waals surface area contributed by atoms with Crippen LogP contribution < -0.4 is 16.4 Å². The van der Waals surface area contributed by atoms with Crippen LogP contribution in [0.2, 0.25) is 0 Å². The van der Waals surface area contributed by atoms with Crippen molar-refractivity contribution in [1.82, 2.24) is 10.6 Å². The molecule has 1 aliphatic heterocycles. The van der Waals surface area contributed by atoms with Crippen molar-refractivity contribution in [2.45, 2.75) is 12.5 Å². The summed E-state index contributed by atoms with van der Waals surface area (Å²) in [5, 5.41) is 5.92. The predicted octanol–water partition coefficient (Wildman–Crippen LogP) is -1.58. The smallest absolute Gasteiger partial charge is 0.221 e. The minimum Gasteiger partial charge on any atom is -0.354 e. The van der Waals surface area contributed by atoms with Gasteiger partial charge in [0.1, 0.15) is 0 Å². The van der Waals surface area contributed by atoms with Crippen molar-refractivity contribution in [1.29, 1.82) is 0 Å². The quantitative estimate of drug-likeness (QED) is 0.415. The van der Waals surface area contributed by atoms with Crippen LogP contribution in [-0.2, 0) is 4.79 Å². The standard InChI is InChI=1S/C6H13N3O/c7-3-5-4-9-6(10)1-2-8-5/h5,8H,1-4,7H2,(H,9,10). The highest BCUT2D eigenvalue weighted by molar-refractivity contribution is 5.76. The van der Waals surface area contributed by atoms with Gasteiger partial charge in [0.15, 0.2) is 0 Å². The van der Waals surface area contributed by atoms with E-state index in [-0.39, 0.29) is 11.9 Å². The van der Waals surface area contributed by atoms with Crippen molar-refractivity contribution >= 4 is 5.91 Å². The van der Waals surface area contributed by atoms with Gasteiger partial charge in [-0.25, -0.2) is 0 Å². The van der Waals surface area contributed by atoms with Gasteiger partial charge in [-0.05, 0) is 0 Å². The molecular weight excluding hydrogens is 130 g/mol. The van der Waals surface area contributed by atoms with Gasteiger partial charge in [-0.3, -0.25) is 4.79 Å². The zero-order chi connectivity index (χ0) is 7.40. The zero-order valence-corrected chi connectivity index (χ0v) is 5.89. The van der Waals surface area contributed by atoms with Gasteiger partial charge >= 0.3 is 0 Å². The first-order chi connectivity index (χ1) is 4.83. The number of hydrogen-bond acceptors (Lipinski definition) is 3. The number of amides is 1. The Bertz CT molecular complexity index is 126. The van der Waals surface area contributed by atoms with Crippen molar-refractivity contribution in [3.63, 3.8) is 0 Å². The van der Waals surface area contributed by atoms with E-state index < -0.39 is 0 Å². The Balaban J connectivity index is 2.33. The SMILES string of the molecule is NCC1CNC(=O)CCN1. The van der Waals surface area contributed by atoms with E-state index in [9.17, 15) is 4.79 Å². The molecule has 0 aromatic carbocycles. The lowest BCUT2D eigenvalue weighted by molar-refractivity contribution is -0.120. The Morgan fingerprint density at radius 2 is 2.50 bits per heavy atom. The largest absolute Gasteiger partial charge is 0.354 e. The van der Waals surface area contributed by atoms with Crippen molar-refractivity contribution in [3.05, 3.63) is 0 Å². The molecule has 1 atom stereocenters. The lowest BCUT2D eigenvalue weighted by Crippen LogP contribution is -2.41. The van der Waals surface area contributed by atoms with Crippen LogP contribution in [0.3, 0.4) is 0 Å². The third-order valence-corrected chi connectivity index (χ3v) is 1.62. The summed E-state index contributed by atoms with van der Waals surface area (Å²) >= 11 is 0. The molecule has 4 N–H and O–H groups in total. The highest BCUT2D eigenvalue weighted by Crippen LogP contribution is 1.87. The average molecular weight is 143 g/mol. The first-order valence-electron chi connectivity index (χ1n) is 3.53. The zero-order valence-electron chi connectivity index (χ0n) is 5.89. The molecule has 4 nitrogen and oxygen atoms in total. The average Bonchev–Trinajstić information content (AvgIpc) is 2.14. The van der Waals surface area contributed by atoms with Gasteiger partial charge in [-0.2, -0.15) is 0 Å². The maximum absolute atomic E-state index is 10.8. The van der Waals surface area contributed by atoms with Crippen LogP contribution >= 0.6 is 0 Å². The molecular formula is C6H13N3O. The number of carbonyl (C=O) groups is 1. The fraction of sp³-hybridized carbons (Fsp3) is 0.833. The van der Waals surface area contributed by atoms with E-state index in [2.05, 4.69) is 10.6 Å². The molecule has 1 heterocycles. The molecule has 0 bridgehead atoms. The van der Waals surface area contributed by atoms with Crippen LogP contribution in [0.4, 0.5) is 0 Å². The summed E-state index contributed by atoms with van der Waals surface area (Å²) in [4.78, 5) is 10.8. The summed E-state index contributed by atoms with van der Waals surface area (Å²) in [6.45, 7) is 1.99. The van der Waals surface area contributed by atoms with Crippen LogP contribution in [-0.4, -0.2) is 31.6 Å². The van der Waals surface area contributed by atoms with Crippen molar-refractivity contribution in [2.24, 2.45) is 5.73 Å². The lowest BCUT2D eigenvalue weighted by Gasteiger charge is -2.11. The van der Waals surface area contributed by atoms with E-state index in [1.165, 1.54) is 0 Å². The van der Waals surface area contributed by atoms with E-state index in [1.54, 1.807) is 0 Å². The highest BCUT2D eigenvalue weighted by Gasteiger charge is 2.12.